The van der Waals surface area contributed by atoms with Gasteiger partial charge in [-0.25, -0.2) is 4.79 Å². The van der Waals surface area contributed by atoms with E-state index in [4.69, 9.17) is 4.74 Å². The zero-order valence-corrected chi connectivity index (χ0v) is 12.2. The maximum atomic E-state index is 12.2. The second-order valence-electron chi connectivity index (χ2n) is 5.34. The van der Waals surface area contributed by atoms with Crippen LogP contribution in [0.3, 0.4) is 0 Å². The molecule has 1 aliphatic rings. The molecule has 114 valence electrons. The van der Waals surface area contributed by atoms with Crippen molar-refractivity contribution in [2.24, 2.45) is 5.92 Å². The minimum Gasteiger partial charge on any atom is -0.484 e. The Kier molecular flexibility index (Phi) is 5.20. The number of carbonyl (C=O) groups excluding carboxylic acids is 1. The summed E-state index contributed by atoms with van der Waals surface area (Å²) in [5.74, 6) is -0.201. The molecule has 1 saturated heterocycles. The van der Waals surface area contributed by atoms with Crippen LogP contribution < -0.4 is 4.74 Å². The molecular weight excluding hydrogens is 270 g/mol. The van der Waals surface area contributed by atoms with Crippen LogP contribution in [0, 0.1) is 5.92 Å². The number of hydrogen-bond acceptors (Lipinski definition) is 3. The summed E-state index contributed by atoms with van der Waals surface area (Å²) >= 11 is 0. The lowest BCUT2D eigenvalue weighted by Crippen LogP contribution is -2.51. The van der Waals surface area contributed by atoms with Crippen molar-refractivity contribution in [1.82, 2.24) is 4.90 Å². The minimum atomic E-state index is -0.929. The van der Waals surface area contributed by atoms with Crippen LogP contribution in [0.4, 0.5) is 0 Å². The molecule has 1 fully saturated rings. The van der Waals surface area contributed by atoms with E-state index in [-0.39, 0.29) is 12.5 Å². The third kappa shape index (κ3) is 3.97. The van der Waals surface area contributed by atoms with E-state index in [9.17, 15) is 14.7 Å². The van der Waals surface area contributed by atoms with Crippen molar-refractivity contribution in [3.05, 3.63) is 30.3 Å². The zero-order valence-electron chi connectivity index (χ0n) is 12.2. The second kappa shape index (κ2) is 7.11. The zero-order chi connectivity index (χ0) is 15.2. The van der Waals surface area contributed by atoms with Gasteiger partial charge >= 0.3 is 5.97 Å². The third-order valence-electron chi connectivity index (χ3n) is 4.00. The van der Waals surface area contributed by atoms with Gasteiger partial charge in [0.1, 0.15) is 11.8 Å². The lowest BCUT2D eigenvalue weighted by Gasteiger charge is -2.36. The number of carbonyl (C=O) groups is 2. The first-order valence-corrected chi connectivity index (χ1v) is 7.32. The first-order valence-electron chi connectivity index (χ1n) is 7.32. The number of rotatable bonds is 5. The Morgan fingerprint density at radius 2 is 2.05 bits per heavy atom. The van der Waals surface area contributed by atoms with Crippen molar-refractivity contribution < 1.29 is 19.4 Å². The van der Waals surface area contributed by atoms with Crippen LogP contribution in [0.5, 0.6) is 5.75 Å². The fraction of sp³-hybridized carbons (Fsp3) is 0.500. The highest BCUT2D eigenvalue weighted by Gasteiger charge is 2.35. The van der Waals surface area contributed by atoms with Gasteiger partial charge < -0.3 is 14.7 Å². The van der Waals surface area contributed by atoms with Gasteiger partial charge in [-0.1, -0.05) is 31.5 Å². The van der Waals surface area contributed by atoms with Crippen molar-refractivity contribution in [3.8, 4) is 5.75 Å². The van der Waals surface area contributed by atoms with E-state index in [1.54, 1.807) is 12.1 Å². The Hall–Kier alpha value is -2.04. The van der Waals surface area contributed by atoms with Gasteiger partial charge in [0.2, 0.25) is 0 Å². The Balaban J connectivity index is 1.95. The molecule has 1 N–H and O–H groups in total. The van der Waals surface area contributed by atoms with E-state index in [1.165, 1.54) is 4.90 Å². The number of amides is 1. The summed E-state index contributed by atoms with van der Waals surface area (Å²) in [7, 11) is 0. The van der Waals surface area contributed by atoms with Crippen LogP contribution in [0.25, 0.3) is 0 Å². The fourth-order valence-corrected chi connectivity index (χ4v) is 2.69. The Bertz CT molecular complexity index is 488. The minimum absolute atomic E-state index is 0.120. The maximum absolute atomic E-state index is 12.2. The number of carboxylic acid groups (broad SMARTS) is 1. The summed E-state index contributed by atoms with van der Waals surface area (Å²) < 4.78 is 5.42. The lowest BCUT2D eigenvalue weighted by molar-refractivity contribution is -0.154. The van der Waals surface area contributed by atoms with E-state index in [1.807, 2.05) is 18.2 Å². The van der Waals surface area contributed by atoms with Crippen molar-refractivity contribution in [2.75, 3.05) is 13.2 Å². The predicted molar refractivity (Wildman–Crippen MR) is 78.1 cm³/mol. The Morgan fingerprint density at radius 1 is 1.33 bits per heavy atom. The smallest absolute Gasteiger partial charge is 0.326 e. The van der Waals surface area contributed by atoms with Gasteiger partial charge in [-0.3, -0.25) is 4.79 Å². The average Bonchev–Trinajstić information content (AvgIpc) is 2.52. The van der Waals surface area contributed by atoms with E-state index in [0.29, 0.717) is 24.6 Å². The van der Waals surface area contributed by atoms with Crippen molar-refractivity contribution >= 4 is 11.9 Å². The molecule has 2 atom stereocenters. The number of hydrogen-bond donors (Lipinski definition) is 1. The predicted octanol–water partition coefficient (Wildman–Crippen LogP) is 2.17. The van der Waals surface area contributed by atoms with Crippen LogP contribution in [0.1, 0.15) is 26.2 Å². The fourth-order valence-electron chi connectivity index (χ4n) is 2.69. The molecule has 5 nitrogen and oxygen atoms in total. The molecule has 0 aromatic heterocycles. The topological polar surface area (TPSA) is 66.8 Å². The molecular formula is C16H21NO4. The number of benzene rings is 1. The van der Waals surface area contributed by atoms with Crippen LogP contribution in [0.2, 0.25) is 0 Å². The molecule has 1 aromatic carbocycles. The SMILES string of the molecule is CCC1CCN(C(=O)COc2ccccc2)C(C(=O)O)C1. The van der Waals surface area contributed by atoms with Gasteiger partial charge in [0, 0.05) is 6.54 Å². The first-order chi connectivity index (χ1) is 10.1. The Morgan fingerprint density at radius 3 is 2.67 bits per heavy atom. The maximum Gasteiger partial charge on any atom is 0.326 e. The average molecular weight is 291 g/mol. The molecule has 5 heteroatoms. The molecule has 2 unspecified atom stereocenters. The van der Waals surface area contributed by atoms with Crippen LogP contribution in [-0.4, -0.2) is 41.1 Å². The summed E-state index contributed by atoms with van der Waals surface area (Å²) in [6, 6.07) is 8.33. The van der Waals surface area contributed by atoms with Crippen LogP contribution >= 0.6 is 0 Å². The monoisotopic (exact) mass is 291 g/mol. The number of aliphatic carboxylic acids is 1. The summed E-state index contributed by atoms with van der Waals surface area (Å²) in [6.07, 6.45) is 2.34. The third-order valence-corrected chi connectivity index (χ3v) is 4.00. The van der Waals surface area contributed by atoms with E-state index < -0.39 is 12.0 Å². The van der Waals surface area contributed by atoms with Gasteiger partial charge in [-0.2, -0.15) is 0 Å². The largest absolute Gasteiger partial charge is 0.484 e. The highest BCUT2D eigenvalue weighted by Crippen LogP contribution is 2.25. The molecule has 0 saturated carbocycles. The van der Waals surface area contributed by atoms with E-state index >= 15 is 0 Å². The van der Waals surface area contributed by atoms with Crippen molar-refractivity contribution in [3.63, 3.8) is 0 Å². The number of nitrogens with zero attached hydrogens (tertiary/aromatic N) is 1. The standard InChI is InChI=1S/C16H21NO4/c1-2-12-8-9-17(14(10-12)16(19)20)15(18)11-21-13-6-4-3-5-7-13/h3-7,12,14H,2,8-11H2,1H3,(H,19,20). The summed E-state index contributed by atoms with van der Waals surface area (Å²) in [5.41, 5.74) is 0. The van der Waals surface area contributed by atoms with Crippen molar-refractivity contribution in [1.29, 1.82) is 0 Å². The van der Waals surface area contributed by atoms with Gasteiger partial charge in [-0.05, 0) is 30.9 Å². The number of piperidine rings is 1. The summed E-state index contributed by atoms with van der Waals surface area (Å²) in [4.78, 5) is 25.0. The first kappa shape index (κ1) is 15.4. The number of ether oxygens (including phenoxy) is 1. The molecule has 0 radical (unpaired) electrons. The number of likely N-dealkylation sites (tertiary alicyclic amines) is 1. The molecule has 1 aliphatic heterocycles. The molecule has 21 heavy (non-hydrogen) atoms. The second-order valence-corrected chi connectivity index (χ2v) is 5.34. The highest BCUT2D eigenvalue weighted by atomic mass is 16.5. The van der Waals surface area contributed by atoms with Gasteiger partial charge in [-0.15, -0.1) is 0 Å². The van der Waals surface area contributed by atoms with E-state index in [0.717, 1.165) is 12.8 Å². The van der Waals surface area contributed by atoms with Crippen LogP contribution in [-0.2, 0) is 9.59 Å². The molecule has 0 bridgehead atoms. The van der Waals surface area contributed by atoms with Gasteiger partial charge in [0.05, 0.1) is 0 Å². The number of carboxylic acids is 1. The summed E-state index contributed by atoms with van der Waals surface area (Å²) in [5, 5.41) is 9.32. The quantitative estimate of drug-likeness (QED) is 0.903. The number of para-hydroxylation sites is 1. The van der Waals surface area contributed by atoms with E-state index in [2.05, 4.69) is 6.92 Å². The normalized spacial score (nSPS) is 21.9. The molecule has 1 heterocycles. The molecule has 2 rings (SSSR count). The molecule has 0 spiro atoms. The van der Waals surface area contributed by atoms with Crippen LogP contribution in [0.15, 0.2) is 30.3 Å². The van der Waals surface area contributed by atoms with Crippen molar-refractivity contribution in [2.45, 2.75) is 32.2 Å². The Labute approximate surface area is 124 Å². The molecule has 1 aromatic rings. The summed E-state index contributed by atoms with van der Waals surface area (Å²) in [6.45, 7) is 2.43. The molecule has 1 amide bonds. The molecule has 0 aliphatic carbocycles. The lowest BCUT2D eigenvalue weighted by atomic mass is 9.89. The highest BCUT2D eigenvalue weighted by molar-refractivity contribution is 5.84. The van der Waals surface area contributed by atoms with Gasteiger partial charge in [0.15, 0.2) is 6.61 Å². The van der Waals surface area contributed by atoms with Gasteiger partial charge in [0.25, 0.3) is 5.91 Å².